The number of ketones is 1. The van der Waals surface area contributed by atoms with Gasteiger partial charge in [0.05, 0.1) is 29.3 Å². The molecule has 0 saturated carbocycles. The summed E-state index contributed by atoms with van der Waals surface area (Å²) in [6.45, 7) is 4.21. The lowest BCUT2D eigenvalue weighted by Gasteiger charge is -2.23. The van der Waals surface area contributed by atoms with Gasteiger partial charge < -0.3 is 19.9 Å². The number of nitrogens with zero attached hydrogens (tertiary/aromatic N) is 2. The molecule has 0 aliphatic carbocycles. The third-order valence-corrected chi connectivity index (χ3v) is 6.01. The summed E-state index contributed by atoms with van der Waals surface area (Å²) in [4.78, 5) is 35.5. The van der Waals surface area contributed by atoms with Crippen molar-refractivity contribution in [1.29, 1.82) is 0 Å². The van der Waals surface area contributed by atoms with Crippen molar-refractivity contribution in [2.75, 3.05) is 11.5 Å². The number of carbonyl (C=O) groups is 2. The standard InChI is InChI=1S/C27H23N3O5/c1-3-35-21-13-10-17(14-15(21)2)24(32)22-23(16-8-11-18(31)12-9-16)30(26(34)25(22)33)27-28-19-6-4-5-7-20(19)29-27/h4-14,23,31-32H,3H2,1-2H3,(H,28,29)/b24-22+. The zero-order valence-corrected chi connectivity index (χ0v) is 19.1. The van der Waals surface area contributed by atoms with Gasteiger partial charge in [-0.1, -0.05) is 24.3 Å². The average Bonchev–Trinajstić information content (AvgIpc) is 3.39. The molecule has 1 amide bonds. The number of amides is 1. The Morgan fingerprint density at radius 3 is 2.51 bits per heavy atom. The summed E-state index contributed by atoms with van der Waals surface area (Å²) in [5, 5.41) is 21.1. The van der Waals surface area contributed by atoms with Crippen LogP contribution in [0.5, 0.6) is 11.5 Å². The van der Waals surface area contributed by atoms with E-state index in [1.807, 2.05) is 32.0 Å². The second kappa shape index (κ2) is 8.64. The van der Waals surface area contributed by atoms with E-state index in [1.54, 1.807) is 36.4 Å². The number of ether oxygens (including phenoxy) is 1. The van der Waals surface area contributed by atoms with Gasteiger partial charge in [-0.15, -0.1) is 0 Å². The molecule has 0 radical (unpaired) electrons. The summed E-state index contributed by atoms with van der Waals surface area (Å²) in [5.41, 5.74) is 2.98. The molecule has 5 rings (SSSR count). The van der Waals surface area contributed by atoms with Crippen LogP contribution in [-0.4, -0.2) is 38.5 Å². The van der Waals surface area contributed by atoms with E-state index in [4.69, 9.17) is 4.74 Å². The van der Waals surface area contributed by atoms with Crippen molar-refractivity contribution in [2.45, 2.75) is 19.9 Å². The second-order valence-corrected chi connectivity index (χ2v) is 8.25. The molecule has 0 bridgehead atoms. The van der Waals surface area contributed by atoms with E-state index < -0.39 is 17.7 Å². The van der Waals surface area contributed by atoms with Gasteiger partial charge in [-0.2, -0.15) is 0 Å². The van der Waals surface area contributed by atoms with E-state index in [0.29, 0.717) is 34.5 Å². The summed E-state index contributed by atoms with van der Waals surface area (Å²) in [7, 11) is 0. The van der Waals surface area contributed by atoms with Crippen LogP contribution in [0.4, 0.5) is 5.95 Å². The maximum absolute atomic E-state index is 13.3. The zero-order chi connectivity index (χ0) is 24.7. The number of aromatic nitrogens is 2. The van der Waals surface area contributed by atoms with Gasteiger partial charge in [-0.25, -0.2) is 4.98 Å². The lowest BCUT2D eigenvalue weighted by molar-refractivity contribution is -0.132. The van der Waals surface area contributed by atoms with E-state index in [9.17, 15) is 19.8 Å². The third kappa shape index (κ3) is 3.78. The van der Waals surface area contributed by atoms with Crippen LogP contribution in [0.1, 0.15) is 29.7 Å². The predicted molar refractivity (Wildman–Crippen MR) is 131 cm³/mol. The molecule has 1 fully saturated rings. The maximum Gasteiger partial charge on any atom is 0.302 e. The molecular weight excluding hydrogens is 446 g/mol. The van der Waals surface area contributed by atoms with Crippen LogP contribution in [-0.2, 0) is 9.59 Å². The van der Waals surface area contributed by atoms with Crippen LogP contribution in [0, 0.1) is 6.92 Å². The minimum absolute atomic E-state index is 0.0385. The topological polar surface area (TPSA) is 116 Å². The number of benzene rings is 3. The van der Waals surface area contributed by atoms with Crippen LogP contribution in [0.15, 0.2) is 72.3 Å². The Hall–Kier alpha value is -4.59. The number of aliphatic hydroxyl groups excluding tert-OH is 1. The Morgan fingerprint density at radius 1 is 1.09 bits per heavy atom. The van der Waals surface area contributed by atoms with Gasteiger partial charge in [0.25, 0.3) is 5.78 Å². The Balaban J connectivity index is 1.70. The molecule has 35 heavy (non-hydrogen) atoms. The number of Topliss-reactive ketones (excluding diaryl/α,β-unsaturated/α-hetero) is 1. The van der Waals surface area contributed by atoms with Crippen molar-refractivity contribution >= 4 is 34.4 Å². The molecule has 2 heterocycles. The zero-order valence-electron chi connectivity index (χ0n) is 19.1. The number of aliphatic hydroxyl groups is 1. The van der Waals surface area contributed by atoms with Gasteiger partial charge in [-0.05, 0) is 67.4 Å². The Morgan fingerprint density at radius 2 is 1.83 bits per heavy atom. The van der Waals surface area contributed by atoms with Gasteiger partial charge in [0.15, 0.2) is 0 Å². The number of carbonyl (C=O) groups excluding carboxylic acids is 2. The smallest absolute Gasteiger partial charge is 0.302 e. The summed E-state index contributed by atoms with van der Waals surface area (Å²) < 4.78 is 5.58. The molecule has 0 spiro atoms. The van der Waals surface area contributed by atoms with Crippen molar-refractivity contribution in [3.8, 4) is 11.5 Å². The highest BCUT2D eigenvalue weighted by molar-refractivity contribution is 6.51. The first kappa shape index (κ1) is 22.2. The number of imidazole rings is 1. The van der Waals surface area contributed by atoms with Crippen molar-refractivity contribution in [2.24, 2.45) is 0 Å². The molecule has 1 saturated heterocycles. The van der Waals surface area contributed by atoms with Crippen molar-refractivity contribution in [1.82, 2.24) is 9.97 Å². The molecule has 1 aliphatic heterocycles. The Labute approximate surface area is 201 Å². The number of nitrogens with one attached hydrogen (secondary N) is 1. The monoisotopic (exact) mass is 469 g/mol. The number of aryl methyl sites for hydroxylation is 1. The normalized spacial score (nSPS) is 17.3. The molecule has 3 aromatic carbocycles. The SMILES string of the molecule is CCOc1ccc(/C(O)=C2\C(=O)C(=O)N(c3nc4ccccc4[nH]3)C2c2ccc(O)cc2)cc1C. The number of hydrogen-bond acceptors (Lipinski definition) is 6. The number of phenols is 1. The molecule has 8 nitrogen and oxygen atoms in total. The largest absolute Gasteiger partial charge is 0.508 e. The molecular formula is C27H23N3O5. The van der Waals surface area contributed by atoms with E-state index in [2.05, 4.69) is 9.97 Å². The molecule has 1 atom stereocenters. The van der Waals surface area contributed by atoms with Crippen molar-refractivity contribution < 1.29 is 24.5 Å². The van der Waals surface area contributed by atoms with Crippen LogP contribution >= 0.6 is 0 Å². The second-order valence-electron chi connectivity index (χ2n) is 8.25. The number of rotatable bonds is 5. The molecule has 3 N–H and O–H groups in total. The van der Waals surface area contributed by atoms with Gasteiger partial charge >= 0.3 is 5.91 Å². The predicted octanol–water partition coefficient (Wildman–Crippen LogP) is 4.60. The third-order valence-electron chi connectivity index (χ3n) is 6.01. The van der Waals surface area contributed by atoms with Crippen LogP contribution in [0.3, 0.4) is 0 Å². The summed E-state index contributed by atoms with van der Waals surface area (Å²) in [6.07, 6.45) is 0. The minimum atomic E-state index is -0.956. The highest BCUT2D eigenvalue weighted by atomic mass is 16.5. The van der Waals surface area contributed by atoms with Gasteiger partial charge in [-0.3, -0.25) is 14.5 Å². The molecule has 1 unspecified atom stereocenters. The Bertz CT molecular complexity index is 1450. The fourth-order valence-corrected chi connectivity index (χ4v) is 4.35. The fourth-order valence-electron chi connectivity index (χ4n) is 4.35. The van der Waals surface area contributed by atoms with E-state index in [1.165, 1.54) is 17.0 Å². The van der Waals surface area contributed by atoms with Crippen LogP contribution in [0.2, 0.25) is 0 Å². The molecule has 4 aromatic rings. The van der Waals surface area contributed by atoms with Gasteiger partial charge in [0.2, 0.25) is 5.95 Å². The molecule has 176 valence electrons. The van der Waals surface area contributed by atoms with Gasteiger partial charge in [0, 0.05) is 5.56 Å². The fraction of sp³-hybridized carbons (Fsp3) is 0.148. The first-order valence-corrected chi connectivity index (χ1v) is 11.2. The van der Waals surface area contributed by atoms with Crippen molar-refractivity contribution in [3.63, 3.8) is 0 Å². The summed E-state index contributed by atoms with van der Waals surface area (Å²) in [6, 6.07) is 17.6. The number of H-pyrrole nitrogens is 1. The number of fused-ring (bicyclic) bond motifs is 1. The van der Waals surface area contributed by atoms with E-state index >= 15 is 0 Å². The van der Waals surface area contributed by atoms with Crippen molar-refractivity contribution in [3.05, 3.63) is 89.0 Å². The van der Waals surface area contributed by atoms with E-state index in [0.717, 1.165) is 5.56 Å². The number of hydrogen-bond donors (Lipinski definition) is 3. The molecule has 1 aliphatic rings. The Kier molecular flexibility index (Phi) is 5.49. The highest BCUT2D eigenvalue weighted by Crippen LogP contribution is 2.42. The summed E-state index contributed by atoms with van der Waals surface area (Å²) >= 11 is 0. The minimum Gasteiger partial charge on any atom is -0.508 e. The van der Waals surface area contributed by atoms with E-state index in [-0.39, 0.29) is 23.0 Å². The number of phenolic OH excluding ortho intramolecular Hbond substituents is 1. The highest BCUT2D eigenvalue weighted by Gasteiger charge is 2.48. The first-order valence-electron chi connectivity index (χ1n) is 11.2. The summed E-state index contributed by atoms with van der Waals surface area (Å²) in [5.74, 6) is -1.04. The first-order chi connectivity index (χ1) is 16.9. The molecule has 1 aromatic heterocycles. The van der Waals surface area contributed by atoms with Gasteiger partial charge in [0.1, 0.15) is 17.3 Å². The maximum atomic E-state index is 13.3. The number of aromatic hydroxyl groups is 1. The number of aromatic amines is 1. The molecule has 8 heteroatoms. The number of para-hydroxylation sites is 2. The van der Waals surface area contributed by atoms with Crippen LogP contribution < -0.4 is 9.64 Å². The lowest BCUT2D eigenvalue weighted by atomic mass is 9.95. The quantitative estimate of drug-likeness (QED) is 0.223. The lowest BCUT2D eigenvalue weighted by Crippen LogP contribution is -2.30. The average molecular weight is 469 g/mol. The van der Waals surface area contributed by atoms with Crippen LogP contribution in [0.25, 0.3) is 16.8 Å². The number of anilines is 1.